The molecule has 0 unspecified atom stereocenters. The minimum absolute atomic E-state index is 0.0712. The van der Waals surface area contributed by atoms with E-state index >= 15 is 0 Å². The second-order valence-corrected chi connectivity index (χ2v) is 2.76. The maximum Gasteiger partial charge on any atom is 0.309 e. The fourth-order valence-electron chi connectivity index (χ4n) is 1.09. The Morgan fingerprint density at radius 2 is 2.50 bits per heavy atom. The Morgan fingerprint density at radius 1 is 1.64 bits per heavy atom. The SMILES string of the molecule is O=C(O)Cc1cc(-c2cnoc2)n[nH]1. The van der Waals surface area contributed by atoms with Gasteiger partial charge >= 0.3 is 5.97 Å². The van der Waals surface area contributed by atoms with E-state index in [2.05, 4.69) is 19.9 Å². The van der Waals surface area contributed by atoms with Crippen molar-refractivity contribution in [3.8, 4) is 11.3 Å². The van der Waals surface area contributed by atoms with Gasteiger partial charge in [0.2, 0.25) is 0 Å². The first-order valence-electron chi connectivity index (χ1n) is 3.91. The summed E-state index contributed by atoms with van der Waals surface area (Å²) in [7, 11) is 0. The molecule has 6 nitrogen and oxygen atoms in total. The Balaban J connectivity index is 2.22. The Morgan fingerprint density at radius 3 is 3.14 bits per heavy atom. The Labute approximate surface area is 78.5 Å². The highest BCUT2D eigenvalue weighted by molar-refractivity contribution is 5.70. The largest absolute Gasteiger partial charge is 0.481 e. The molecule has 0 aliphatic heterocycles. The van der Waals surface area contributed by atoms with E-state index in [-0.39, 0.29) is 6.42 Å². The van der Waals surface area contributed by atoms with Crippen LogP contribution in [0, 0.1) is 0 Å². The average molecular weight is 193 g/mol. The first-order chi connectivity index (χ1) is 6.75. The summed E-state index contributed by atoms with van der Waals surface area (Å²) in [6.45, 7) is 0. The van der Waals surface area contributed by atoms with Crippen molar-refractivity contribution in [2.24, 2.45) is 0 Å². The van der Waals surface area contributed by atoms with E-state index < -0.39 is 5.97 Å². The van der Waals surface area contributed by atoms with Gasteiger partial charge in [0.1, 0.15) is 6.26 Å². The lowest BCUT2D eigenvalue weighted by atomic mass is 10.2. The highest BCUT2D eigenvalue weighted by Gasteiger charge is 2.07. The molecule has 0 aromatic carbocycles. The van der Waals surface area contributed by atoms with Crippen molar-refractivity contribution in [2.75, 3.05) is 0 Å². The monoisotopic (exact) mass is 193 g/mol. The zero-order chi connectivity index (χ0) is 9.97. The molecule has 0 bridgehead atoms. The molecule has 6 heteroatoms. The van der Waals surface area contributed by atoms with Crippen LogP contribution in [0.2, 0.25) is 0 Å². The van der Waals surface area contributed by atoms with Crippen molar-refractivity contribution in [3.05, 3.63) is 24.2 Å². The number of carbonyl (C=O) groups is 1. The van der Waals surface area contributed by atoms with E-state index in [1.165, 1.54) is 12.5 Å². The molecule has 2 N–H and O–H groups in total. The van der Waals surface area contributed by atoms with Gasteiger partial charge in [0, 0.05) is 5.69 Å². The molecule has 2 aromatic rings. The Bertz CT molecular complexity index is 432. The lowest BCUT2D eigenvalue weighted by Gasteiger charge is -1.86. The van der Waals surface area contributed by atoms with Gasteiger partial charge in [-0.25, -0.2) is 0 Å². The average Bonchev–Trinajstić information content (AvgIpc) is 2.69. The molecule has 2 aromatic heterocycles. The zero-order valence-corrected chi connectivity index (χ0v) is 7.10. The number of aliphatic carboxylic acids is 1. The van der Waals surface area contributed by atoms with Crippen LogP contribution >= 0.6 is 0 Å². The van der Waals surface area contributed by atoms with Crippen molar-refractivity contribution in [3.63, 3.8) is 0 Å². The van der Waals surface area contributed by atoms with Crippen LogP contribution in [0.4, 0.5) is 0 Å². The second kappa shape index (κ2) is 3.33. The summed E-state index contributed by atoms with van der Waals surface area (Å²) >= 11 is 0. The Kier molecular flexibility index (Phi) is 2.02. The molecule has 0 aliphatic carbocycles. The standard InChI is InChI=1S/C8H7N3O3/c12-8(13)2-6-1-7(11-10-6)5-3-9-14-4-5/h1,3-4H,2H2,(H,10,11)(H,12,13). The summed E-state index contributed by atoms with van der Waals surface area (Å²) in [5.41, 5.74) is 1.90. The normalized spacial score (nSPS) is 10.3. The zero-order valence-electron chi connectivity index (χ0n) is 7.10. The second-order valence-electron chi connectivity index (χ2n) is 2.76. The molecule has 0 saturated carbocycles. The van der Waals surface area contributed by atoms with E-state index in [0.717, 1.165) is 5.56 Å². The molecular weight excluding hydrogens is 186 g/mol. The molecule has 0 atom stereocenters. The van der Waals surface area contributed by atoms with Crippen molar-refractivity contribution in [1.82, 2.24) is 15.4 Å². The van der Waals surface area contributed by atoms with Crippen molar-refractivity contribution in [1.29, 1.82) is 0 Å². The van der Waals surface area contributed by atoms with Crippen LogP contribution in [0.15, 0.2) is 23.0 Å². The third kappa shape index (κ3) is 1.63. The number of hydrogen-bond donors (Lipinski definition) is 2. The molecular formula is C8H7N3O3. The first-order valence-corrected chi connectivity index (χ1v) is 3.91. The van der Waals surface area contributed by atoms with Gasteiger partial charge in [-0.15, -0.1) is 0 Å². The van der Waals surface area contributed by atoms with E-state index in [4.69, 9.17) is 5.11 Å². The smallest absolute Gasteiger partial charge is 0.309 e. The number of carboxylic acid groups (broad SMARTS) is 1. The quantitative estimate of drug-likeness (QED) is 0.748. The van der Waals surface area contributed by atoms with E-state index in [1.807, 2.05) is 0 Å². The molecule has 0 saturated heterocycles. The predicted octanol–water partition coefficient (Wildman–Crippen LogP) is 0.692. The lowest BCUT2D eigenvalue weighted by molar-refractivity contribution is -0.136. The number of nitrogens with zero attached hydrogens (tertiary/aromatic N) is 2. The molecule has 0 spiro atoms. The van der Waals surface area contributed by atoms with Gasteiger partial charge in [-0.2, -0.15) is 5.10 Å². The minimum atomic E-state index is -0.898. The molecule has 2 rings (SSSR count). The van der Waals surface area contributed by atoms with Crippen LogP contribution in [0.3, 0.4) is 0 Å². The van der Waals surface area contributed by atoms with Crippen molar-refractivity contribution >= 4 is 5.97 Å². The summed E-state index contributed by atoms with van der Waals surface area (Å²) in [4.78, 5) is 10.4. The third-order valence-corrected chi connectivity index (χ3v) is 1.70. The number of aromatic nitrogens is 3. The number of carboxylic acids is 1. The highest BCUT2D eigenvalue weighted by Crippen LogP contribution is 2.16. The molecule has 0 radical (unpaired) electrons. The Hall–Kier alpha value is -2.11. The third-order valence-electron chi connectivity index (χ3n) is 1.70. The number of nitrogens with one attached hydrogen (secondary N) is 1. The van der Waals surface area contributed by atoms with Gasteiger partial charge in [-0.05, 0) is 6.07 Å². The van der Waals surface area contributed by atoms with Crippen LogP contribution in [0.5, 0.6) is 0 Å². The van der Waals surface area contributed by atoms with Crippen molar-refractivity contribution in [2.45, 2.75) is 6.42 Å². The summed E-state index contributed by atoms with van der Waals surface area (Å²) < 4.78 is 4.64. The van der Waals surface area contributed by atoms with Crippen LogP contribution in [0.1, 0.15) is 5.69 Å². The van der Waals surface area contributed by atoms with Crippen LogP contribution in [-0.2, 0) is 11.2 Å². The number of aromatic amines is 1. The van der Waals surface area contributed by atoms with E-state index in [9.17, 15) is 4.79 Å². The van der Waals surface area contributed by atoms with Crippen LogP contribution in [0.25, 0.3) is 11.3 Å². The van der Waals surface area contributed by atoms with Gasteiger partial charge in [0.05, 0.1) is 23.9 Å². The number of rotatable bonds is 3. The summed E-state index contributed by atoms with van der Waals surface area (Å²) in [5, 5.41) is 18.6. The number of hydrogen-bond acceptors (Lipinski definition) is 4. The lowest BCUT2D eigenvalue weighted by Crippen LogP contribution is -1.99. The highest BCUT2D eigenvalue weighted by atomic mass is 16.5. The fraction of sp³-hybridized carbons (Fsp3) is 0.125. The molecule has 72 valence electrons. The van der Waals surface area contributed by atoms with E-state index in [1.54, 1.807) is 6.07 Å². The predicted molar refractivity (Wildman–Crippen MR) is 45.4 cm³/mol. The minimum Gasteiger partial charge on any atom is -0.481 e. The molecule has 0 fully saturated rings. The molecule has 14 heavy (non-hydrogen) atoms. The van der Waals surface area contributed by atoms with E-state index in [0.29, 0.717) is 11.4 Å². The van der Waals surface area contributed by atoms with Gasteiger partial charge in [0.25, 0.3) is 0 Å². The topological polar surface area (TPSA) is 92.0 Å². The maximum atomic E-state index is 10.4. The van der Waals surface area contributed by atoms with Crippen LogP contribution in [-0.4, -0.2) is 26.4 Å². The summed E-state index contributed by atoms with van der Waals surface area (Å²) in [6.07, 6.45) is 2.89. The molecule has 0 aliphatic rings. The summed E-state index contributed by atoms with van der Waals surface area (Å²) in [6, 6.07) is 1.65. The van der Waals surface area contributed by atoms with Gasteiger partial charge in [-0.1, -0.05) is 5.16 Å². The fourth-order valence-corrected chi connectivity index (χ4v) is 1.09. The molecule has 2 heterocycles. The van der Waals surface area contributed by atoms with Gasteiger partial charge < -0.3 is 9.63 Å². The van der Waals surface area contributed by atoms with Gasteiger partial charge in [-0.3, -0.25) is 9.89 Å². The van der Waals surface area contributed by atoms with Crippen LogP contribution < -0.4 is 0 Å². The van der Waals surface area contributed by atoms with Crippen molar-refractivity contribution < 1.29 is 14.4 Å². The molecule has 0 amide bonds. The first kappa shape index (κ1) is 8.49. The summed E-state index contributed by atoms with van der Waals surface area (Å²) in [5.74, 6) is -0.898. The van der Waals surface area contributed by atoms with Gasteiger partial charge in [0.15, 0.2) is 0 Å². The number of H-pyrrole nitrogens is 1. The maximum absolute atomic E-state index is 10.4.